The monoisotopic (exact) mass is 462 g/mol. The van der Waals surface area contributed by atoms with Crippen LogP contribution in [-0.4, -0.2) is 61.7 Å². The van der Waals surface area contributed by atoms with Gasteiger partial charge in [-0.15, -0.1) is 6.58 Å². The number of hydrogen-bond acceptors (Lipinski definition) is 8. The van der Waals surface area contributed by atoms with E-state index in [1.165, 1.54) is 31.4 Å². The van der Waals surface area contributed by atoms with Gasteiger partial charge in [-0.25, -0.2) is 14.4 Å². The number of methoxy groups -OCH3 is 1. The number of carbonyl (C=O) groups excluding carboxylic acids is 3. The summed E-state index contributed by atoms with van der Waals surface area (Å²) >= 11 is 0. The Morgan fingerprint density at radius 1 is 0.848 bits per heavy atom. The number of benzene rings is 1. The first-order chi connectivity index (χ1) is 15.8. The number of carbonyl (C=O) groups is 3. The van der Waals surface area contributed by atoms with Gasteiger partial charge in [0.1, 0.15) is 13.2 Å². The molecule has 0 saturated carbocycles. The van der Waals surface area contributed by atoms with E-state index in [1.54, 1.807) is 18.2 Å². The van der Waals surface area contributed by atoms with Crippen molar-refractivity contribution in [2.24, 2.45) is 0 Å². The number of unbranched alkanes of at least 4 members (excludes halogenated alkanes) is 1. The average molecular weight is 463 g/mol. The molecule has 2 N–H and O–H groups in total. The highest BCUT2D eigenvalue weighted by Crippen LogP contribution is 2.12. The van der Waals surface area contributed by atoms with Gasteiger partial charge in [0.2, 0.25) is 0 Å². The minimum Gasteiger partial charge on any atom is -0.466 e. The molecule has 0 heterocycles. The first-order valence-corrected chi connectivity index (χ1v) is 10.1. The fourth-order valence-electron chi connectivity index (χ4n) is 1.89. The molecule has 1 rings (SSSR count). The van der Waals surface area contributed by atoms with Crippen molar-refractivity contribution < 1.29 is 38.8 Å². The van der Waals surface area contributed by atoms with Gasteiger partial charge in [0, 0.05) is 18.8 Å². The van der Waals surface area contributed by atoms with E-state index in [0.29, 0.717) is 12.0 Å². The fraction of sp³-hybridized carbons (Fsp3) is 0.320. The van der Waals surface area contributed by atoms with Gasteiger partial charge in [-0.2, -0.15) is 0 Å². The van der Waals surface area contributed by atoms with Crippen LogP contribution in [0.3, 0.4) is 0 Å². The van der Waals surface area contributed by atoms with Crippen molar-refractivity contribution in [1.82, 2.24) is 0 Å². The van der Waals surface area contributed by atoms with E-state index >= 15 is 0 Å². The van der Waals surface area contributed by atoms with Crippen LogP contribution < -0.4 is 0 Å². The summed E-state index contributed by atoms with van der Waals surface area (Å²) in [5.41, 5.74) is 0.786. The topological polar surface area (TPSA) is 119 Å². The lowest BCUT2D eigenvalue weighted by Gasteiger charge is -2.07. The van der Waals surface area contributed by atoms with Crippen LogP contribution in [0, 0.1) is 0 Å². The lowest BCUT2D eigenvalue weighted by molar-refractivity contribution is -0.136. The first kappa shape index (κ1) is 31.7. The quantitative estimate of drug-likeness (QED) is 0.159. The van der Waals surface area contributed by atoms with Crippen LogP contribution in [-0.2, 0) is 19.0 Å². The van der Waals surface area contributed by atoms with Gasteiger partial charge in [-0.3, -0.25) is 0 Å². The molecule has 33 heavy (non-hydrogen) atoms. The van der Waals surface area contributed by atoms with Gasteiger partial charge >= 0.3 is 17.9 Å². The molecule has 0 atom stereocenters. The second-order valence-electron chi connectivity index (χ2n) is 6.06. The van der Waals surface area contributed by atoms with E-state index < -0.39 is 11.9 Å². The normalized spacial score (nSPS) is 8.94. The van der Waals surface area contributed by atoms with Gasteiger partial charge in [-0.1, -0.05) is 50.1 Å². The molecule has 0 aliphatic rings. The summed E-state index contributed by atoms with van der Waals surface area (Å²) in [5, 5.41) is 16.2. The summed E-state index contributed by atoms with van der Waals surface area (Å²) in [6.07, 6.45) is 6.45. The SMILES string of the molecule is C=CCC(=C)C(=O)OC.C=CCOC(=O)c1ccccc1C(=O)OCC=C.OCCCCO. The zero-order valence-corrected chi connectivity index (χ0v) is 19.2. The zero-order chi connectivity index (χ0) is 25.5. The predicted octanol–water partition coefficient (Wildman–Crippen LogP) is 3.42. The summed E-state index contributed by atoms with van der Waals surface area (Å²) in [4.78, 5) is 33.9. The van der Waals surface area contributed by atoms with E-state index in [-0.39, 0.29) is 43.5 Å². The van der Waals surface area contributed by atoms with Crippen molar-refractivity contribution in [1.29, 1.82) is 0 Å². The van der Waals surface area contributed by atoms with Crippen molar-refractivity contribution in [2.75, 3.05) is 33.5 Å². The van der Waals surface area contributed by atoms with Gasteiger partial charge in [0.25, 0.3) is 0 Å². The lowest BCUT2D eigenvalue weighted by Crippen LogP contribution is -2.14. The Kier molecular flexibility index (Phi) is 20.9. The largest absolute Gasteiger partial charge is 0.466 e. The molecule has 1 aromatic rings. The van der Waals surface area contributed by atoms with Crippen LogP contribution in [0.15, 0.2) is 74.4 Å². The number of hydrogen-bond donors (Lipinski definition) is 2. The van der Waals surface area contributed by atoms with Crippen LogP contribution in [0.4, 0.5) is 0 Å². The third-order valence-electron chi connectivity index (χ3n) is 3.46. The zero-order valence-electron chi connectivity index (χ0n) is 19.2. The number of esters is 3. The Morgan fingerprint density at radius 2 is 1.27 bits per heavy atom. The highest BCUT2D eigenvalue weighted by atomic mass is 16.5. The summed E-state index contributed by atoms with van der Waals surface area (Å²) in [5.74, 6) is -1.53. The highest BCUT2D eigenvalue weighted by molar-refractivity contribution is 6.03. The summed E-state index contributed by atoms with van der Waals surface area (Å²) in [6, 6.07) is 6.31. The maximum atomic E-state index is 11.7. The number of aliphatic hydroxyl groups excluding tert-OH is 2. The Labute approximate surface area is 195 Å². The first-order valence-electron chi connectivity index (χ1n) is 10.1. The van der Waals surface area contributed by atoms with E-state index in [1.807, 2.05) is 0 Å². The Balaban J connectivity index is 0. The van der Waals surface area contributed by atoms with E-state index in [4.69, 9.17) is 19.7 Å². The molecule has 0 saturated heterocycles. The predicted molar refractivity (Wildman–Crippen MR) is 127 cm³/mol. The van der Waals surface area contributed by atoms with Crippen molar-refractivity contribution in [3.63, 3.8) is 0 Å². The smallest absolute Gasteiger partial charge is 0.339 e. The lowest BCUT2D eigenvalue weighted by atomic mass is 10.1. The number of ether oxygens (including phenoxy) is 3. The minimum atomic E-state index is -0.582. The molecule has 0 aliphatic heterocycles. The van der Waals surface area contributed by atoms with Crippen LogP contribution >= 0.6 is 0 Å². The second-order valence-corrected chi connectivity index (χ2v) is 6.06. The van der Waals surface area contributed by atoms with Crippen molar-refractivity contribution in [3.05, 3.63) is 85.5 Å². The third-order valence-corrected chi connectivity index (χ3v) is 3.46. The van der Waals surface area contributed by atoms with Crippen molar-refractivity contribution in [2.45, 2.75) is 19.3 Å². The standard InChI is InChI=1S/C14H14O4.C7H10O2.C4H10O2/c1-3-9-17-13(15)11-7-5-6-8-12(11)14(16)18-10-4-2;1-4-5-6(2)7(8)9-3;5-3-1-2-4-6/h3-8H,1-2,9-10H2;4H,1-2,5H2,3H3;5-6H,1-4H2. The Bertz CT molecular complexity index is 720. The number of allylic oxidation sites excluding steroid dienone is 1. The van der Waals surface area contributed by atoms with E-state index in [9.17, 15) is 14.4 Å². The highest BCUT2D eigenvalue weighted by Gasteiger charge is 2.18. The summed E-state index contributed by atoms with van der Waals surface area (Å²) in [7, 11) is 1.33. The van der Waals surface area contributed by atoms with Gasteiger partial charge in [0.15, 0.2) is 0 Å². The molecular weight excluding hydrogens is 428 g/mol. The van der Waals surface area contributed by atoms with Gasteiger partial charge in [-0.05, 0) is 31.4 Å². The molecule has 1 aromatic carbocycles. The molecule has 8 heteroatoms. The molecule has 0 fully saturated rings. The maximum Gasteiger partial charge on any atom is 0.339 e. The van der Waals surface area contributed by atoms with Crippen LogP contribution in [0.5, 0.6) is 0 Å². The molecule has 8 nitrogen and oxygen atoms in total. The summed E-state index contributed by atoms with van der Waals surface area (Å²) in [6.45, 7) is 14.4. The molecule has 0 amide bonds. The average Bonchev–Trinajstić information content (AvgIpc) is 2.84. The third kappa shape index (κ3) is 15.9. The molecule has 0 bridgehead atoms. The number of aliphatic hydroxyl groups is 2. The Morgan fingerprint density at radius 3 is 1.58 bits per heavy atom. The minimum absolute atomic E-state index is 0.0921. The maximum absolute atomic E-state index is 11.7. The van der Waals surface area contributed by atoms with Gasteiger partial charge in [0.05, 0.1) is 18.2 Å². The fourth-order valence-corrected chi connectivity index (χ4v) is 1.89. The van der Waals surface area contributed by atoms with Crippen LogP contribution in [0.25, 0.3) is 0 Å². The van der Waals surface area contributed by atoms with Crippen molar-refractivity contribution in [3.8, 4) is 0 Å². The van der Waals surface area contributed by atoms with Crippen LogP contribution in [0.1, 0.15) is 40.0 Å². The molecule has 0 spiro atoms. The molecule has 0 radical (unpaired) electrons. The van der Waals surface area contributed by atoms with E-state index in [0.717, 1.165) is 12.8 Å². The summed E-state index contributed by atoms with van der Waals surface area (Å²) < 4.78 is 14.2. The van der Waals surface area contributed by atoms with Crippen LogP contribution in [0.2, 0.25) is 0 Å². The molecule has 182 valence electrons. The molecule has 0 aromatic heterocycles. The van der Waals surface area contributed by atoms with Crippen molar-refractivity contribution >= 4 is 17.9 Å². The Hall–Kier alpha value is -3.49. The number of rotatable bonds is 12. The second kappa shape index (κ2) is 21.7. The molecule has 0 unspecified atom stereocenters. The molecular formula is C25H34O8. The van der Waals surface area contributed by atoms with Gasteiger partial charge < -0.3 is 24.4 Å². The molecule has 0 aliphatic carbocycles. The van der Waals surface area contributed by atoms with E-state index in [2.05, 4.69) is 31.1 Å².